The van der Waals surface area contributed by atoms with Gasteiger partial charge in [0.05, 0.1) is 10.7 Å². The van der Waals surface area contributed by atoms with Crippen LogP contribution in [-0.2, 0) is 6.42 Å². The highest BCUT2D eigenvalue weighted by Gasteiger charge is 2.08. The molecule has 0 saturated carbocycles. The van der Waals surface area contributed by atoms with Gasteiger partial charge in [-0.3, -0.25) is 0 Å². The first-order valence-corrected chi connectivity index (χ1v) is 8.32. The van der Waals surface area contributed by atoms with Crippen LogP contribution in [-0.4, -0.2) is 0 Å². The van der Waals surface area contributed by atoms with Crippen molar-refractivity contribution in [2.24, 2.45) is 0 Å². The van der Waals surface area contributed by atoms with Crippen molar-refractivity contribution in [1.29, 1.82) is 0 Å². The molecule has 0 fully saturated rings. The maximum absolute atomic E-state index is 5.61. The Labute approximate surface area is 136 Å². The summed E-state index contributed by atoms with van der Waals surface area (Å²) in [6.07, 6.45) is 2.76. The molecule has 2 heteroatoms. The highest BCUT2D eigenvalue weighted by atomic mass is 79.9. The average molecular weight is 347 g/mol. The number of hydrogen-bond donors (Lipinski definition) is 0. The van der Waals surface area contributed by atoms with Crippen LogP contribution in [0.3, 0.4) is 0 Å². The summed E-state index contributed by atoms with van der Waals surface area (Å²) >= 11 is 3.50. The summed E-state index contributed by atoms with van der Waals surface area (Å²) < 4.78 is 6.61. The Kier molecular flexibility index (Phi) is 7.84. The van der Waals surface area contributed by atoms with Gasteiger partial charge in [-0.25, -0.2) is 0 Å². The number of benzene rings is 2. The summed E-state index contributed by atoms with van der Waals surface area (Å²) in [6, 6.07) is 16.6. The quantitative estimate of drug-likeness (QED) is 0.495. The summed E-state index contributed by atoms with van der Waals surface area (Å²) in [5, 5.41) is 1.18. The van der Waals surface area contributed by atoms with E-state index in [1.54, 1.807) is 0 Å². The molecule has 0 aliphatic heterocycles. The van der Waals surface area contributed by atoms with Gasteiger partial charge in [-0.05, 0) is 27.6 Å². The van der Waals surface area contributed by atoms with E-state index in [9.17, 15) is 0 Å². The van der Waals surface area contributed by atoms with Crippen LogP contribution in [0, 0.1) is 0 Å². The molecule has 0 amide bonds. The predicted octanol–water partition coefficient (Wildman–Crippen LogP) is 6.84. The van der Waals surface area contributed by atoms with Gasteiger partial charge in [0, 0.05) is 17.4 Å². The minimum absolute atomic E-state index is 0.907. The van der Waals surface area contributed by atoms with Gasteiger partial charge >= 0.3 is 0 Å². The monoisotopic (exact) mass is 346 g/mol. The molecule has 0 bridgehead atoms. The molecular formula is C19H23BrO. The average Bonchev–Trinajstić information content (AvgIpc) is 2.97. The number of furan rings is 1. The zero-order valence-corrected chi connectivity index (χ0v) is 14.8. The van der Waals surface area contributed by atoms with E-state index in [0.717, 1.165) is 16.5 Å². The summed E-state index contributed by atoms with van der Waals surface area (Å²) in [5.41, 5.74) is 3.46. The highest BCUT2D eigenvalue weighted by Crippen LogP contribution is 2.29. The van der Waals surface area contributed by atoms with Crippen LogP contribution < -0.4 is 0 Å². The summed E-state index contributed by atoms with van der Waals surface area (Å²) in [7, 11) is 0. The fourth-order valence-corrected chi connectivity index (χ4v) is 2.49. The molecule has 112 valence electrons. The largest absolute Gasteiger partial charge is 0.463 e. The Morgan fingerprint density at radius 3 is 2.19 bits per heavy atom. The van der Waals surface area contributed by atoms with Crippen LogP contribution in [0.2, 0.25) is 0 Å². The van der Waals surface area contributed by atoms with E-state index < -0.39 is 0 Å². The molecule has 0 N–H and O–H groups in total. The Hall–Kier alpha value is -1.54. The maximum atomic E-state index is 5.61. The summed E-state index contributed by atoms with van der Waals surface area (Å²) in [6.45, 7) is 8.00. The third kappa shape index (κ3) is 4.47. The minimum Gasteiger partial charge on any atom is -0.463 e. The van der Waals surface area contributed by atoms with Crippen LogP contribution >= 0.6 is 15.9 Å². The van der Waals surface area contributed by atoms with E-state index in [2.05, 4.69) is 46.3 Å². The molecule has 1 heterocycles. The van der Waals surface area contributed by atoms with Gasteiger partial charge in [0.25, 0.3) is 0 Å². The number of para-hydroxylation sites is 1. The first-order valence-electron chi connectivity index (χ1n) is 7.53. The molecule has 0 spiro atoms. The number of halogens is 1. The summed E-state index contributed by atoms with van der Waals surface area (Å²) in [4.78, 5) is 0. The van der Waals surface area contributed by atoms with E-state index >= 15 is 0 Å². The molecule has 0 radical (unpaired) electrons. The lowest BCUT2D eigenvalue weighted by atomic mass is 10.0. The van der Waals surface area contributed by atoms with Crippen LogP contribution in [0.4, 0.5) is 0 Å². The van der Waals surface area contributed by atoms with Gasteiger partial charge in [0.15, 0.2) is 0 Å². The zero-order chi connectivity index (χ0) is 15.7. The van der Waals surface area contributed by atoms with Crippen molar-refractivity contribution in [3.8, 4) is 0 Å². The molecule has 3 aromatic rings. The van der Waals surface area contributed by atoms with E-state index in [-0.39, 0.29) is 0 Å². The Morgan fingerprint density at radius 2 is 1.52 bits per heavy atom. The first kappa shape index (κ1) is 17.5. The van der Waals surface area contributed by atoms with Crippen LogP contribution in [0.15, 0.2) is 63.7 Å². The fraction of sp³-hybridized carbons (Fsp3) is 0.263. The van der Waals surface area contributed by atoms with Gasteiger partial charge < -0.3 is 4.42 Å². The second-order valence-electron chi connectivity index (χ2n) is 4.04. The van der Waals surface area contributed by atoms with Crippen LogP contribution in [0.1, 0.15) is 38.8 Å². The van der Waals surface area contributed by atoms with Crippen molar-refractivity contribution >= 4 is 26.9 Å². The minimum atomic E-state index is 0.907. The van der Waals surface area contributed by atoms with Gasteiger partial charge in [-0.1, -0.05) is 70.2 Å². The topological polar surface area (TPSA) is 13.1 Å². The molecule has 0 aliphatic rings. The maximum Gasteiger partial charge on any atom is 0.148 e. The molecule has 0 unspecified atom stereocenters. The lowest BCUT2D eigenvalue weighted by Gasteiger charge is -1.99. The standard InChI is InChI=1S/C15H11BrO.2C2H6/c16-14-8-4-7-13-12(10-17-15(13)14)9-11-5-2-1-3-6-11;2*1-2/h1-8,10H,9H2;2*1-2H3. The summed E-state index contributed by atoms with van der Waals surface area (Å²) in [5.74, 6) is 0. The van der Waals surface area contributed by atoms with E-state index in [1.165, 1.54) is 16.5 Å². The van der Waals surface area contributed by atoms with Crippen LogP contribution in [0.25, 0.3) is 11.0 Å². The van der Waals surface area contributed by atoms with Crippen molar-refractivity contribution in [1.82, 2.24) is 0 Å². The van der Waals surface area contributed by atoms with Crippen molar-refractivity contribution in [3.63, 3.8) is 0 Å². The molecule has 0 atom stereocenters. The van der Waals surface area contributed by atoms with Gasteiger partial charge in [0.2, 0.25) is 0 Å². The number of hydrogen-bond acceptors (Lipinski definition) is 1. The van der Waals surface area contributed by atoms with Crippen LogP contribution in [0.5, 0.6) is 0 Å². The molecule has 3 rings (SSSR count). The lowest BCUT2D eigenvalue weighted by Crippen LogP contribution is -1.85. The Morgan fingerprint density at radius 1 is 0.857 bits per heavy atom. The smallest absolute Gasteiger partial charge is 0.148 e. The number of fused-ring (bicyclic) bond motifs is 1. The number of rotatable bonds is 2. The van der Waals surface area contributed by atoms with Crippen molar-refractivity contribution < 1.29 is 4.42 Å². The lowest BCUT2D eigenvalue weighted by molar-refractivity contribution is 0.610. The molecule has 21 heavy (non-hydrogen) atoms. The first-order chi connectivity index (χ1) is 10.3. The van der Waals surface area contributed by atoms with Crippen molar-refractivity contribution in [2.45, 2.75) is 34.1 Å². The van der Waals surface area contributed by atoms with E-state index in [4.69, 9.17) is 4.42 Å². The molecule has 1 nitrogen and oxygen atoms in total. The Bertz CT molecular complexity index is 641. The normalized spacial score (nSPS) is 9.38. The second kappa shape index (κ2) is 9.41. The zero-order valence-electron chi connectivity index (χ0n) is 13.2. The molecular weight excluding hydrogens is 324 g/mol. The van der Waals surface area contributed by atoms with Gasteiger partial charge in [-0.2, -0.15) is 0 Å². The fourth-order valence-electron chi connectivity index (χ4n) is 2.03. The molecule has 2 aromatic carbocycles. The van der Waals surface area contributed by atoms with Gasteiger partial charge in [0.1, 0.15) is 5.58 Å². The van der Waals surface area contributed by atoms with Gasteiger partial charge in [-0.15, -0.1) is 0 Å². The Balaban J connectivity index is 0.000000510. The second-order valence-corrected chi connectivity index (χ2v) is 4.89. The van der Waals surface area contributed by atoms with E-state index in [1.807, 2.05) is 52.2 Å². The third-order valence-corrected chi connectivity index (χ3v) is 3.49. The molecule has 0 saturated heterocycles. The van der Waals surface area contributed by atoms with E-state index in [0.29, 0.717) is 0 Å². The van der Waals surface area contributed by atoms with Crippen molar-refractivity contribution in [2.75, 3.05) is 0 Å². The third-order valence-electron chi connectivity index (χ3n) is 2.87. The van der Waals surface area contributed by atoms with Crippen molar-refractivity contribution in [3.05, 3.63) is 70.4 Å². The molecule has 1 aromatic heterocycles. The highest BCUT2D eigenvalue weighted by molar-refractivity contribution is 9.10. The SMILES string of the molecule is Brc1cccc2c(Cc3ccccc3)coc12.CC.CC. The predicted molar refractivity (Wildman–Crippen MR) is 95.9 cm³/mol. The molecule has 0 aliphatic carbocycles.